The summed E-state index contributed by atoms with van der Waals surface area (Å²) in [6.07, 6.45) is 4.27. The van der Waals surface area contributed by atoms with Gasteiger partial charge in [-0.3, -0.25) is 19.4 Å². The van der Waals surface area contributed by atoms with Gasteiger partial charge in [-0.05, 0) is 12.3 Å². The number of rotatable bonds is 10. The molecule has 1 aliphatic rings. The number of aromatic nitrogens is 2. The topological polar surface area (TPSA) is 154 Å². The SMILES string of the molecule is CC(C)CC(NC(=O)[C@H](CO)NC(=O)c1cnccn1)C(=O)C1(CO)CO1. The molecule has 0 spiro atoms. The zero-order chi connectivity index (χ0) is 20.0. The van der Waals surface area contributed by atoms with Gasteiger partial charge in [0.15, 0.2) is 11.4 Å². The van der Waals surface area contributed by atoms with Crippen LogP contribution in [0.15, 0.2) is 18.6 Å². The number of carbonyl (C=O) groups is 3. The van der Waals surface area contributed by atoms with Crippen molar-refractivity contribution in [2.45, 2.75) is 38.0 Å². The van der Waals surface area contributed by atoms with E-state index in [0.717, 1.165) is 0 Å². The van der Waals surface area contributed by atoms with Gasteiger partial charge in [0, 0.05) is 12.4 Å². The first kappa shape index (κ1) is 20.9. The number of nitrogens with zero attached hydrogens (tertiary/aromatic N) is 2. The molecular formula is C17H24N4O6. The van der Waals surface area contributed by atoms with E-state index >= 15 is 0 Å². The normalized spacial score (nSPS) is 20.6. The summed E-state index contributed by atoms with van der Waals surface area (Å²) < 4.78 is 5.08. The minimum atomic E-state index is -1.27. The number of nitrogens with one attached hydrogen (secondary N) is 2. The first-order chi connectivity index (χ1) is 12.8. The zero-order valence-electron chi connectivity index (χ0n) is 15.2. The highest BCUT2D eigenvalue weighted by Crippen LogP contribution is 2.30. The smallest absolute Gasteiger partial charge is 0.272 e. The van der Waals surface area contributed by atoms with Crippen LogP contribution in [0, 0.1) is 5.92 Å². The predicted molar refractivity (Wildman–Crippen MR) is 92.5 cm³/mol. The second-order valence-corrected chi connectivity index (χ2v) is 6.80. The van der Waals surface area contributed by atoms with Crippen LogP contribution in [0.5, 0.6) is 0 Å². The Labute approximate surface area is 156 Å². The number of carbonyl (C=O) groups excluding carboxylic acids is 3. The largest absolute Gasteiger partial charge is 0.394 e. The van der Waals surface area contributed by atoms with Crippen molar-refractivity contribution in [3.05, 3.63) is 24.3 Å². The minimum absolute atomic E-state index is 0.0100. The Morgan fingerprint density at radius 1 is 1.22 bits per heavy atom. The summed E-state index contributed by atoms with van der Waals surface area (Å²) in [6, 6.07) is -2.18. The number of amides is 2. The van der Waals surface area contributed by atoms with E-state index in [4.69, 9.17) is 4.74 Å². The molecule has 2 heterocycles. The molecule has 2 amide bonds. The van der Waals surface area contributed by atoms with Crippen molar-refractivity contribution in [2.75, 3.05) is 19.8 Å². The highest BCUT2D eigenvalue weighted by molar-refractivity contribution is 5.99. The molecule has 2 rings (SSSR count). The maximum absolute atomic E-state index is 12.6. The third-order valence-electron chi connectivity index (χ3n) is 4.14. The molecule has 1 aromatic rings. The molecule has 148 valence electrons. The Hall–Kier alpha value is -2.43. The van der Waals surface area contributed by atoms with E-state index in [1.807, 2.05) is 13.8 Å². The fraction of sp³-hybridized carbons (Fsp3) is 0.588. The fourth-order valence-electron chi connectivity index (χ4n) is 2.53. The maximum atomic E-state index is 12.6. The molecule has 1 saturated heterocycles. The van der Waals surface area contributed by atoms with Crippen molar-refractivity contribution >= 4 is 17.6 Å². The first-order valence-corrected chi connectivity index (χ1v) is 8.60. The van der Waals surface area contributed by atoms with Gasteiger partial charge in [0.25, 0.3) is 5.91 Å². The number of aliphatic hydroxyl groups excluding tert-OH is 2. The van der Waals surface area contributed by atoms with Crippen molar-refractivity contribution in [3.8, 4) is 0 Å². The molecule has 3 atom stereocenters. The van der Waals surface area contributed by atoms with Gasteiger partial charge in [-0.15, -0.1) is 0 Å². The molecule has 0 saturated carbocycles. The van der Waals surface area contributed by atoms with Gasteiger partial charge in [0.05, 0.1) is 32.1 Å². The standard InChI is InChI=1S/C17H24N4O6/c1-10(2)5-11(14(24)17(8-23)9-27-17)20-16(26)13(7-22)21-15(25)12-6-18-3-4-19-12/h3-4,6,10-11,13,22-23H,5,7-9H2,1-2H3,(H,20,26)(H,21,25)/t11?,13-,17?/m0/s1. The van der Waals surface area contributed by atoms with Gasteiger partial charge in [-0.2, -0.15) is 0 Å². The molecule has 10 heteroatoms. The van der Waals surface area contributed by atoms with E-state index in [2.05, 4.69) is 20.6 Å². The summed E-state index contributed by atoms with van der Waals surface area (Å²) in [5, 5.41) is 23.8. The van der Waals surface area contributed by atoms with Crippen molar-refractivity contribution < 1.29 is 29.3 Å². The summed E-state index contributed by atoms with van der Waals surface area (Å²) in [4.78, 5) is 44.8. The monoisotopic (exact) mass is 380 g/mol. The van der Waals surface area contributed by atoms with E-state index in [1.165, 1.54) is 18.6 Å². The summed E-state index contributed by atoms with van der Waals surface area (Å²) >= 11 is 0. The molecule has 1 fully saturated rings. The molecule has 10 nitrogen and oxygen atoms in total. The lowest BCUT2D eigenvalue weighted by molar-refractivity contribution is -0.133. The highest BCUT2D eigenvalue weighted by atomic mass is 16.6. The first-order valence-electron chi connectivity index (χ1n) is 8.60. The van der Waals surface area contributed by atoms with Crippen LogP contribution in [0.3, 0.4) is 0 Å². The van der Waals surface area contributed by atoms with Gasteiger partial charge in [0.1, 0.15) is 11.7 Å². The summed E-state index contributed by atoms with van der Waals surface area (Å²) in [5.41, 5.74) is -1.28. The number of aliphatic hydroxyl groups is 2. The Balaban J connectivity index is 2.05. The van der Waals surface area contributed by atoms with Crippen molar-refractivity contribution in [2.24, 2.45) is 5.92 Å². The van der Waals surface area contributed by atoms with Gasteiger partial charge in [-0.25, -0.2) is 4.98 Å². The molecule has 0 radical (unpaired) electrons. The van der Waals surface area contributed by atoms with Crippen LogP contribution in [0.2, 0.25) is 0 Å². The van der Waals surface area contributed by atoms with Crippen molar-refractivity contribution in [3.63, 3.8) is 0 Å². The average Bonchev–Trinajstić information content (AvgIpc) is 3.46. The van der Waals surface area contributed by atoms with Gasteiger partial charge >= 0.3 is 0 Å². The van der Waals surface area contributed by atoms with E-state index in [-0.39, 0.29) is 18.2 Å². The highest BCUT2D eigenvalue weighted by Gasteiger charge is 2.54. The van der Waals surface area contributed by atoms with Crippen LogP contribution < -0.4 is 10.6 Å². The van der Waals surface area contributed by atoms with Crippen LogP contribution in [0.25, 0.3) is 0 Å². The number of Topliss-reactive ketones (excluding diaryl/α,β-unsaturated/α-hetero) is 1. The van der Waals surface area contributed by atoms with Crippen LogP contribution in [0.4, 0.5) is 0 Å². The van der Waals surface area contributed by atoms with Crippen LogP contribution in [0.1, 0.15) is 30.8 Å². The van der Waals surface area contributed by atoms with Crippen molar-refractivity contribution in [1.82, 2.24) is 20.6 Å². The van der Waals surface area contributed by atoms with E-state index in [1.54, 1.807) is 0 Å². The van der Waals surface area contributed by atoms with Crippen LogP contribution in [-0.2, 0) is 14.3 Å². The summed E-state index contributed by atoms with van der Waals surface area (Å²) in [6.45, 7) is 2.72. The molecule has 0 aliphatic carbocycles. The Morgan fingerprint density at radius 2 is 1.93 bits per heavy atom. The number of hydrogen-bond acceptors (Lipinski definition) is 8. The third-order valence-corrected chi connectivity index (χ3v) is 4.14. The number of ketones is 1. The molecule has 4 N–H and O–H groups in total. The molecule has 1 aromatic heterocycles. The lowest BCUT2D eigenvalue weighted by Gasteiger charge is -2.24. The lowest BCUT2D eigenvalue weighted by atomic mass is 9.92. The number of hydrogen-bond donors (Lipinski definition) is 4. The van der Waals surface area contributed by atoms with Crippen LogP contribution >= 0.6 is 0 Å². The molecule has 2 unspecified atom stereocenters. The second-order valence-electron chi connectivity index (χ2n) is 6.80. The second kappa shape index (κ2) is 8.98. The molecule has 0 bridgehead atoms. The quantitative estimate of drug-likeness (QED) is 0.355. The predicted octanol–water partition coefficient (Wildman–Crippen LogP) is -1.57. The lowest BCUT2D eigenvalue weighted by Crippen LogP contribution is -2.55. The molecule has 1 aliphatic heterocycles. The summed E-state index contributed by atoms with van der Waals surface area (Å²) in [7, 11) is 0. The van der Waals surface area contributed by atoms with Gasteiger partial charge in [-0.1, -0.05) is 13.8 Å². The van der Waals surface area contributed by atoms with Gasteiger partial charge in [0.2, 0.25) is 5.91 Å². The average molecular weight is 380 g/mol. The number of ether oxygens (including phenoxy) is 1. The zero-order valence-corrected chi connectivity index (χ0v) is 15.2. The van der Waals surface area contributed by atoms with Crippen molar-refractivity contribution in [1.29, 1.82) is 0 Å². The fourth-order valence-corrected chi connectivity index (χ4v) is 2.53. The maximum Gasteiger partial charge on any atom is 0.272 e. The minimum Gasteiger partial charge on any atom is -0.394 e. The third kappa shape index (κ3) is 5.28. The van der Waals surface area contributed by atoms with Crippen LogP contribution in [-0.4, -0.2) is 75.3 Å². The number of epoxide rings is 1. The Kier molecular flexibility index (Phi) is 6.94. The molecule has 0 aromatic carbocycles. The van der Waals surface area contributed by atoms with Gasteiger partial charge < -0.3 is 25.6 Å². The van der Waals surface area contributed by atoms with E-state index in [0.29, 0.717) is 6.42 Å². The Morgan fingerprint density at radius 3 is 2.41 bits per heavy atom. The molecule has 27 heavy (non-hydrogen) atoms. The van der Waals surface area contributed by atoms with E-state index < -0.39 is 48.5 Å². The van der Waals surface area contributed by atoms with E-state index in [9.17, 15) is 24.6 Å². The molecular weight excluding hydrogens is 356 g/mol. The summed E-state index contributed by atoms with van der Waals surface area (Å²) in [5.74, 6) is -1.75. The Bertz CT molecular complexity index is 677.